The van der Waals surface area contributed by atoms with Crippen molar-refractivity contribution in [3.63, 3.8) is 0 Å². The van der Waals surface area contributed by atoms with Crippen LogP contribution in [0.3, 0.4) is 0 Å². The number of halogens is 1. The first-order valence-electron chi connectivity index (χ1n) is 4.31. The highest BCUT2D eigenvalue weighted by atomic mass is 35.5. The van der Waals surface area contributed by atoms with Crippen LogP contribution in [-0.4, -0.2) is 10.2 Å². The monoisotopic (exact) mass is 204 g/mol. The predicted molar refractivity (Wildman–Crippen MR) is 57.2 cm³/mol. The Bertz CT molecular complexity index is 411. The van der Waals surface area contributed by atoms with Gasteiger partial charge in [-0.2, -0.15) is 10.2 Å². The number of hydrogen-bond donors (Lipinski definition) is 0. The van der Waals surface area contributed by atoms with Gasteiger partial charge in [-0.25, -0.2) is 0 Å². The number of rotatable bonds is 1. The molecule has 2 rings (SSSR count). The molecule has 0 amide bonds. The second-order valence-corrected chi connectivity index (χ2v) is 3.56. The summed E-state index contributed by atoms with van der Waals surface area (Å²) in [5.74, 6) is 0. The van der Waals surface area contributed by atoms with Crippen LogP contribution in [0.25, 0.3) is 11.3 Å². The van der Waals surface area contributed by atoms with Crippen LogP contribution >= 0.6 is 11.6 Å². The molecule has 1 aromatic carbocycles. The molecule has 0 spiro atoms. The highest BCUT2D eigenvalue weighted by Gasteiger charge is 2.00. The van der Waals surface area contributed by atoms with Crippen LogP contribution in [0.4, 0.5) is 0 Å². The van der Waals surface area contributed by atoms with Crippen LogP contribution in [0, 0.1) is 6.92 Å². The van der Waals surface area contributed by atoms with Crippen molar-refractivity contribution in [1.82, 2.24) is 10.2 Å². The molecule has 0 saturated heterocycles. The molecule has 0 aliphatic carbocycles. The maximum Gasteiger partial charge on any atom is 0.0944 e. The molecule has 0 aliphatic rings. The average Bonchev–Trinajstić information content (AvgIpc) is 2.18. The summed E-state index contributed by atoms with van der Waals surface area (Å²) in [7, 11) is 0. The van der Waals surface area contributed by atoms with Crippen molar-refractivity contribution < 1.29 is 0 Å². The molecular formula is C11H9ClN2. The predicted octanol–water partition coefficient (Wildman–Crippen LogP) is 3.11. The Hall–Kier alpha value is -1.41. The van der Waals surface area contributed by atoms with Crippen LogP contribution in [0.1, 0.15) is 5.56 Å². The Labute approximate surface area is 87.6 Å². The van der Waals surface area contributed by atoms with E-state index >= 15 is 0 Å². The van der Waals surface area contributed by atoms with Gasteiger partial charge >= 0.3 is 0 Å². The molecule has 1 aromatic heterocycles. The normalized spacial score (nSPS) is 10.1. The minimum Gasteiger partial charge on any atom is -0.157 e. The molecule has 0 atom stereocenters. The zero-order chi connectivity index (χ0) is 9.97. The summed E-state index contributed by atoms with van der Waals surface area (Å²) >= 11 is 5.83. The molecule has 0 unspecified atom stereocenters. The fourth-order valence-electron chi connectivity index (χ4n) is 1.29. The lowest BCUT2D eigenvalue weighted by atomic mass is 10.1. The molecule has 1 heterocycles. The minimum atomic E-state index is 0.608. The molecule has 70 valence electrons. The van der Waals surface area contributed by atoms with Crippen LogP contribution in [0.15, 0.2) is 36.5 Å². The highest BCUT2D eigenvalue weighted by Crippen LogP contribution is 2.19. The van der Waals surface area contributed by atoms with E-state index in [0.29, 0.717) is 5.02 Å². The molecule has 0 bridgehead atoms. The van der Waals surface area contributed by atoms with Crippen LogP contribution in [-0.2, 0) is 0 Å². The molecule has 0 fully saturated rings. The van der Waals surface area contributed by atoms with Crippen LogP contribution in [0.2, 0.25) is 5.02 Å². The SMILES string of the molecule is Cc1cccc(-c2cc(Cl)cnn2)c1. The van der Waals surface area contributed by atoms with Crippen molar-refractivity contribution in [1.29, 1.82) is 0 Å². The third-order valence-corrected chi connectivity index (χ3v) is 2.14. The van der Waals surface area contributed by atoms with Gasteiger partial charge < -0.3 is 0 Å². The van der Waals surface area contributed by atoms with Gasteiger partial charge in [-0.3, -0.25) is 0 Å². The lowest BCUT2D eigenvalue weighted by Gasteiger charge is -2.00. The highest BCUT2D eigenvalue weighted by molar-refractivity contribution is 6.30. The summed E-state index contributed by atoms with van der Waals surface area (Å²) in [5.41, 5.74) is 3.05. The van der Waals surface area contributed by atoms with E-state index in [1.54, 1.807) is 0 Å². The van der Waals surface area contributed by atoms with E-state index < -0.39 is 0 Å². The molecule has 0 radical (unpaired) electrons. The topological polar surface area (TPSA) is 25.8 Å². The maximum absolute atomic E-state index is 5.83. The maximum atomic E-state index is 5.83. The van der Waals surface area contributed by atoms with E-state index in [0.717, 1.165) is 11.3 Å². The molecule has 0 N–H and O–H groups in total. The Morgan fingerprint density at radius 2 is 2.07 bits per heavy atom. The molecule has 3 heteroatoms. The van der Waals surface area contributed by atoms with E-state index in [2.05, 4.69) is 16.3 Å². The largest absolute Gasteiger partial charge is 0.157 e. The van der Waals surface area contributed by atoms with E-state index in [1.165, 1.54) is 11.8 Å². The lowest BCUT2D eigenvalue weighted by Crippen LogP contribution is -1.86. The van der Waals surface area contributed by atoms with E-state index in [1.807, 2.05) is 31.2 Å². The third-order valence-electron chi connectivity index (χ3n) is 1.93. The molecule has 0 aliphatic heterocycles. The van der Waals surface area contributed by atoms with Gasteiger partial charge in [-0.05, 0) is 19.1 Å². The quantitative estimate of drug-likeness (QED) is 0.714. The van der Waals surface area contributed by atoms with Crippen molar-refractivity contribution in [3.8, 4) is 11.3 Å². The second-order valence-electron chi connectivity index (χ2n) is 3.13. The number of aryl methyl sites for hydroxylation is 1. The fraction of sp³-hybridized carbons (Fsp3) is 0.0909. The van der Waals surface area contributed by atoms with Crippen molar-refractivity contribution in [3.05, 3.63) is 47.1 Å². The molecule has 2 aromatic rings. The smallest absolute Gasteiger partial charge is 0.0944 e. The summed E-state index contributed by atoms with van der Waals surface area (Å²) < 4.78 is 0. The number of aromatic nitrogens is 2. The van der Waals surface area contributed by atoms with Gasteiger partial charge in [-0.15, -0.1) is 0 Å². The second kappa shape index (κ2) is 3.76. The van der Waals surface area contributed by atoms with Crippen LogP contribution < -0.4 is 0 Å². The van der Waals surface area contributed by atoms with Gasteiger partial charge in [0.15, 0.2) is 0 Å². The summed E-state index contributed by atoms with van der Waals surface area (Å²) in [6, 6.07) is 9.89. The first-order chi connectivity index (χ1) is 6.75. The standard InChI is InChI=1S/C11H9ClN2/c1-8-3-2-4-9(5-8)11-6-10(12)7-13-14-11/h2-7H,1H3. The Morgan fingerprint density at radius 3 is 2.79 bits per heavy atom. The van der Waals surface area contributed by atoms with Gasteiger partial charge in [0.25, 0.3) is 0 Å². The lowest BCUT2D eigenvalue weighted by molar-refractivity contribution is 1.04. The van der Waals surface area contributed by atoms with Gasteiger partial charge in [0.2, 0.25) is 0 Å². The third kappa shape index (κ3) is 1.91. The number of hydrogen-bond acceptors (Lipinski definition) is 2. The first kappa shape index (κ1) is 9.16. The van der Waals surface area contributed by atoms with Crippen molar-refractivity contribution in [2.75, 3.05) is 0 Å². The Balaban J connectivity index is 2.49. The van der Waals surface area contributed by atoms with Crippen molar-refractivity contribution in [2.24, 2.45) is 0 Å². The van der Waals surface area contributed by atoms with E-state index in [9.17, 15) is 0 Å². The zero-order valence-electron chi connectivity index (χ0n) is 7.74. The fourth-order valence-corrected chi connectivity index (χ4v) is 1.44. The van der Waals surface area contributed by atoms with E-state index in [4.69, 9.17) is 11.6 Å². The number of benzene rings is 1. The van der Waals surface area contributed by atoms with E-state index in [-0.39, 0.29) is 0 Å². The average molecular weight is 205 g/mol. The zero-order valence-corrected chi connectivity index (χ0v) is 8.49. The van der Waals surface area contributed by atoms with Gasteiger partial charge in [0, 0.05) is 5.56 Å². The van der Waals surface area contributed by atoms with Gasteiger partial charge in [0.05, 0.1) is 16.9 Å². The minimum absolute atomic E-state index is 0.608. The van der Waals surface area contributed by atoms with Crippen molar-refractivity contribution in [2.45, 2.75) is 6.92 Å². The number of nitrogens with zero attached hydrogens (tertiary/aromatic N) is 2. The molecule has 0 saturated carbocycles. The van der Waals surface area contributed by atoms with Crippen LogP contribution in [0.5, 0.6) is 0 Å². The summed E-state index contributed by atoms with van der Waals surface area (Å²) in [6.45, 7) is 2.04. The molecule has 14 heavy (non-hydrogen) atoms. The van der Waals surface area contributed by atoms with Crippen molar-refractivity contribution >= 4 is 11.6 Å². The summed E-state index contributed by atoms with van der Waals surface area (Å²) in [5, 5.41) is 8.43. The first-order valence-corrected chi connectivity index (χ1v) is 4.69. The molecule has 2 nitrogen and oxygen atoms in total. The molecular weight excluding hydrogens is 196 g/mol. The van der Waals surface area contributed by atoms with Gasteiger partial charge in [0.1, 0.15) is 0 Å². The Morgan fingerprint density at radius 1 is 1.21 bits per heavy atom. The van der Waals surface area contributed by atoms with Gasteiger partial charge in [-0.1, -0.05) is 35.4 Å². The Kier molecular flexibility index (Phi) is 2.46. The summed E-state index contributed by atoms with van der Waals surface area (Å²) in [4.78, 5) is 0. The summed E-state index contributed by atoms with van der Waals surface area (Å²) in [6.07, 6.45) is 1.53.